The summed E-state index contributed by atoms with van der Waals surface area (Å²) in [6, 6.07) is 13.0. The summed E-state index contributed by atoms with van der Waals surface area (Å²) in [7, 11) is 1.35. The minimum Gasteiger partial charge on any atom is -0.383 e. The fourth-order valence-corrected chi connectivity index (χ4v) is 3.95. The molecule has 2 aromatic heterocycles. The van der Waals surface area contributed by atoms with Crippen LogP contribution >= 0.6 is 0 Å². The quantitative estimate of drug-likeness (QED) is 0.413. The van der Waals surface area contributed by atoms with Crippen LogP contribution in [0.5, 0.6) is 0 Å². The van der Waals surface area contributed by atoms with Crippen LogP contribution in [0.15, 0.2) is 51.6 Å². The van der Waals surface area contributed by atoms with Gasteiger partial charge in [-0.1, -0.05) is 37.3 Å². The van der Waals surface area contributed by atoms with Gasteiger partial charge >= 0.3 is 5.69 Å². The summed E-state index contributed by atoms with van der Waals surface area (Å²) in [5, 5.41) is 9.71. The number of aryl methyl sites for hydroxylation is 1. The first kappa shape index (κ1) is 24.3. The average Bonchev–Trinajstić information content (AvgIpc) is 3.07. The SMILES string of the molecule is CCCn1c(C)cc(/C=C(\C#N)C(=O)N(C)c2c(N)n(Cc3ccccc3)c(=O)[nH]c2=O)c1C. The number of carbonyl (C=O) groups is 1. The predicted molar refractivity (Wildman–Crippen MR) is 132 cm³/mol. The number of nitrogen functional groups attached to an aromatic ring is 1. The number of benzene rings is 1. The van der Waals surface area contributed by atoms with Crippen LogP contribution in [0.3, 0.4) is 0 Å². The highest BCUT2D eigenvalue weighted by Gasteiger charge is 2.24. The number of H-pyrrole nitrogens is 1. The molecule has 0 fully saturated rings. The molecule has 176 valence electrons. The molecule has 9 heteroatoms. The number of hydrogen-bond acceptors (Lipinski definition) is 5. The molecule has 0 spiro atoms. The molecule has 0 saturated carbocycles. The van der Waals surface area contributed by atoms with Gasteiger partial charge in [-0.15, -0.1) is 0 Å². The second kappa shape index (κ2) is 10.1. The minimum atomic E-state index is -0.805. The van der Waals surface area contributed by atoms with E-state index in [1.165, 1.54) is 17.7 Å². The van der Waals surface area contributed by atoms with E-state index in [-0.39, 0.29) is 23.6 Å². The van der Waals surface area contributed by atoms with Crippen molar-refractivity contribution >= 4 is 23.5 Å². The van der Waals surface area contributed by atoms with E-state index in [2.05, 4.69) is 16.5 Å². The molecule has 34 heavy (non-hydrogen) atoms. The first-order valence-corrected chi connectivity index (χ1v) is 10.9. The van der Waals surface area contributed by atoms with Gasteiger partial charge in [-0.3, -0.25) is 19.1 Å². The molecule has 9 nitrogen and oxygen atoms in total. The topological polar surface area (TPSA) is 130 Å². The molecule has 2 heterocycles. The Morgan fingerprint density at radius 1 is 1.21 bits per heavy atom. The molecule has 0 aliphatic heterocycles. The van der Waals surface area contributed by atoms with Crippen molar-refractivity contribution in [2.75, 3.05) is 17.7 Å². The van der Waals surface area contributed by atoms with E-state index < -0.39 is 17.2 Å². The molecule has 3 aromatic rings. The predicted octanol–water partition coefficient (Wildman–Crippen LogP) is 2.57. The molecule has 3 rings (SSSR count). The lowest BCUT2D eigenvalue weighted by Crippen LogP contribution is -2.39. The Hall–Kier alpha value is -4.32. The minimum absolute atomic E-state index is 0.113. The van der Waals surface area contributed by atoms with Crippen molar-refractivity contribution in [3.8, 4) is 6.07 Å². The molecular formula is C25H28N6O3. The van der Waals surface area contributed by atoms with Gasteiger partial charge in [-0.2, -0.15) is 5.26 Å². The summed E-state index contributed by atoms with van der Waals surface area (Å²) >= 11 is 0. The zero-order valence-corrected chi connectivity index (χ0v) is 19.8. The lowest BCUT2D eigenvalue weighted by Gasteiger charge is -2.20. The number of nitrogens with one attached hydrogen (secondary N) is 1. The van der Waals surface area contributed by atoms with E-state index in [1.807, 2.05) is 56.3 Å². The normalized spacial score (nSPS) is 11.3. The number of amides is 1. The highest BCUT2D eigenvalue weighted by molar-refractivity contribution is 6.11. The molecule has 0 saturated heterocycles. The largest absolute Gasteiger partial charge is 0.383 e. The van der Waals surface area contributed by atoms with Gasteiger partial charge in [0.15, 0.2) is 5.69 Å². The number of likely N-dealkylation sites (N-methyl/N-ethyl adjacent to an activating group) is 1. The summed E-state index contributed by atoms with van der Waals surface area (Å²) in [4.78, 5) is 41.5. The molecule has 1 amide bonds. The second-order valence-corrected chi connectivity index (χ2v) is 8.08. The van der Waals surface area contributed by atoms with Crippen LogP contribution in [0.4, 0.5) is 11.5 Å². The van der Waals surface area contributed by atoms with Crippen molar-refractivity contribution < 1.29 is 4.79 Å². The summed E-state index contributed by atoms with van der Waals surface area (Å²) in [6.45, 7) is 6.92. The third-order valence-corrected chi connectivity index (χ3v) is 5.75. The maximum absolute atomic E-state index is 13.2. The fourth-order valence-electron chi connectivity index (χ4n) is 3.95. The number of aromatic nitrogens is 3. The molecule has 0 bridgehead atoms. The van der Waals surface area contributed by atoms with Crippen molar-refractivity contribution in [3.63, 3.8) is 0 Å². The smallest absolute Gasteiger partial charge is 0.330 e. The van der Waals surface area contributed by atoms with Crippen molar-refractivity contribution in [1.29, 1.82) is 5.26 Å². The van der Waals surface area contributed by atoms with Gasteiger partial charge in [0, 0.05) is 25.0 Å². The molecule has 0 aliphatic carbocycles. The van der Waals surface area contributed by atoms with Crippen LogP contribution < -0.4 is 21.9 Å². The molecule has 0 aliphatic rings. The van der Waals surface area contributed by atoms with Crippen LogP contribution in [0, 0.1) is 25.2 Å². The van der Waals surface area contributed by atoms with E-state index in [1.54, 1.807) is 0 Å². The van der Waals surface area contributed by atoms with Crippen molar-refractivity contribution in [3.05, 3.63) is 85.3 Å². The number of carbonyl (C=O) groups excluding carboxylic acids is 1. The van der Waals surface area contributed by atoms with Gasteiger partial charge in [-0.25, -0.2) is 4.79 Å². The van der Waals surface area contributed by atoms with Gasteiger partial charge in [0.05, 0.1) is 6.54 Å². The summed E-state index contributed by atoms with van der Waals surface area (Å²) < 4.78 is 3.31. The first-order chi connectivity index (χ1) is 16.2. The van der Waals surface area contributed by atoms with E-state index in [4.69, 9.17) is 5.73 Å². The van der Waals surface area contributed by atoms with Crippen LogP contribution in [0.2, 0.25) is 0 Å². The summed E-state index contributed by atoms with van der Waals surface area (Å²) in [5.74, 6) is -0.864. The number of aromatic amines is 1. The Bertz CT molecular complexity index is 1400. The number of nitriles is 1. The van der Waals surface area contributed by atoms with E-state index in [0.717, 1.165) is 40.4 Å². The standard InChI is InChI=1S/C25H28N6O3/c1-5-11-30-16(2)12-19(17(30)3)13-20(14-26)24(33)29(4)21-22(27)31(25(34)28-23(21)32)15-18-9-7-6-8-10-18/h6-10,12-13H,5,11,15,27H2,1-4H3,(H,28,32,34)/b20-13+. The first-order valence-electron chi connectivity index (χ1n) is 10.9. The highest BCUT2D eigenvalue weighted by atomic mass is 16.2. The van der Waals surface area contributed by atoms with Gasteiger partial charge in [-0.05, 0) is 43.5 Å². The molecule has 3 N–H and O–H groups in total. The number of rotatable bonds is 7. The molecule has 1 aromatic carbocycles. The van der Waals surface area contributed by atoms with Crippen LogP contribution in [-0.2, 0) is 17.9 Å². The maximum Gasteiger partial charge on any atom is 0.330 e. The zero-order valence-electron chi connectivity index (χ0n) is 19.8. The lowest BCUT2D eigenvalue weighted by atomic mass is 10.1. The third-order valence-electron chi connectivity index (χ3n) is 5.75. The van der Waals surface area contributed by atoms with Gasteiger partial charge in [0.1, 0.15) is 17.5 Å². The summed E-state index contributed by atoms with van der Waals surface area (Å²) in [5.41, 5.74) is 7.86. The van der Waals surface area contributed by atoms with Gasteiger partial charge in [0.25, 0.3) is 11.5 Å². The Labute approximate surface area is 197 Å². The molecule has 0 radical (unpaired) electrons. The van der Waals surface area contributed by atoms with Crippen LogP contribution in [0.25, 0.3) is 6.08 Å². The Balaban J connectivity index is 2.02. The van der Waals surface area contributed by atoms with Crippen LogP contribution in [0.1, 0.15) is 35.9 Å². The monoisotopic (exact) mass is 460 g/mol. The zero-order chi connectivity index (χ0) is 25.0. The van der Waals surface area contributed by atoms with Crippen molar-refractivity contribution in [2.24, 2.45) is 0 Å². The lowest BCUT2D eigenvalue weighted by molar-refractivity contribution is -0.114. The Morgan fingerprint density at radius 3 is 2.50 bits per heavy atom. The van der Waals surface area contributed by atoms with E-state index in [9.17, 15) is 19.6 Å². The van der Waals surface area contributed by atoms with Crippen molar-refractivity contribution in [2.45, 2.75) is 40.3 Å². The number of anilines is 2. The van der Waals surface area contributed by atoms with Crippen LogP contribution in [-0.4, -0.2) is 27.1 Å². The number of nitrogens with two attached hydrogens (primary N) is 1. The second-order valence-electron chi connectivity index (χ2n) is 8.08. The number of nitrogens with zero attached hydrogens (tertiary/aromatic N) is 4. The van der Waals surface area contributed by atoms with E-state index in [0.29, 0.717) is 0 Å². The average molecular weight is 461 g/mol. The van der Waals surface area contributed by atoms with Gasteiger partial charge in [0.2, 0.25) is 0 Å². The number of hydrogen-bond donors (Lipinski definition) is 2. The van der Waals surface area contributed by atoms with E-state index >= 15 is 0 Å². The Morgan fingerprint density at radius 2 is 1.88 bits per heavy atom. The molecular weight excluding hydrogens is 432 g/mol. The third kappa shape index (κ3) is 4.71. The highest BCUT2D eigenvalue weighted by Crippen LogP contribution is 2.22. The summed E-state index contributed by atoms with van der Waals surface area (Å²) in [6.07, 6.45) is 2.46. The van der Waals surface area contributed by atoms with Crippen molar-refractivity contribution in [1.82, 2.24) is 14.1 Å². The van der Waals surface area contributed by atoms with Gasteiger partial charge < -0.3 is 15.2 Å². The Kier molecular flexibility index (Phi) is 7.21. The molecule has 0 unspecified atom stereocenters. The fraction of sp³-hybridized carbons (Fsp3) is 0.280. The molecule has 0 atom stereocenters. The maximum atomic E-state index is 13.2.